The summed E-state index contributed by atoms with van der Waals surface area (Å²) < 4.78 is 29.2. The normalized spacial score (nSPS) is 17.1. The molecule has 2 unspecified atom stereocenters. The van der Waals surface area contributed by atoms with E-state index >= 15 is 0 Å². The number of carbonyl (C=O) groups excluding carboxylic acids is 3. The van der Waals surface area contributed by atoms with Crippen LogP contribution in [0.15, 0.2) is 36.4 Å². The molecule has 0 aliphatic carbocycles. The number of halogens is 4. The average Bonchev–Trinajstić information content (AvgIpc) is 3.16. The van der Waals surface area contributed by atoms with Gasteiger partial charge in [0.15, 0.2) is 5.82 Å². The highest BCUT2D eigenvalue weighted by molar-refractivity contribution is 6.31. The van der Waals surface area contributed by atoms with E-state index < -0.39 is 41.4 Å². The van der Waals surface area contributed by atoms with Crippen molar-refractivity contribution in [2.75, 3.05) is 12.4 Å². The number of fused-ring (bicyclic) bond motifs is 1. The Morgan fingerprint density at radius 2 is 1.82 bits per heavy atom. The molecule has 8 nitrogen and oxygen atoms in total. The molecule has 4 rings (SSSR count). The Morgan fingerprint density at radius 3 is 2.50 bits per heavy atom. The zero-order valence-corrected chi connectivity index (χ0v) is 19.3. The standard InChI is InChI=1S/C22H17Cl2F2N5O3/c1-9-20(32)28-16(14-8-12(25)3-4-15(14)24)17-18(29-19(31(9)17)22(34)27-2)30-21(33)10-5-11(23)7-13(26)6-10/h3-9,16H,1-2H3,(H,27,34)(H,28,32)(H,30,33). The summed E-state index contributed by atoms with van der Waals surface area (Å²) in [5.41, 5.74) is 0.284. The highest BCUT2D eigenvalue weighted by Crippen LogP contribution is 2.38. The predicted octanol–water partition coefficient (Wildman–Crippen LogP) is 3.86. The number of benzene rings is 2. The van der Waals surface area contributed by atoms with E-state index in [1.165, 1.54) is 30.7 Å². The van der Waals surface area contributed by atoms with Crippen LogP contribution in [0.4, 0.5) is 14.6 Å². The maximum absolute atomic E-state index is 14.1. The molecular formula is C22H17Cl2F2N5O3. The van der Waals surface area contributed by atoms with Crippen molar-refractivity contribution in [1.29, 1.82) is 0 Å². The number of hydrogen-bond acceptors (Lipinski definition) is 4. The quantitative estimate of drug-likeness (QED) is 0.498. The highest BCUT2D eigenvalue weighted by atomic mass is 35.5. The topological polar surface area (TPSA) is 105 Å². The van der Waals surface area contributed by atoms with Gasteiger partial charge in [0, 0.05) is 28.2 Å². The van der Waals surface area contributed by atoms with E-state index in [1.807, 2.05) is 0 Å². The third-order valence-corrected chi connectivity index (χ3v) is 5.89. The average molecular weight is 508 g/mol. The van der Waals surface area contributed by atoms with Gasteiger partial charge in [0.1, 0.15) is 17.7 Å². The first-order valence-electron chi connectivity index (χ1n) is 9.97. The van der Waals surface area contributed by atoms with Crippen molar-refractivity contribution < 1.29 is 23.2 Å². The SMILES string of the molecule is CNC(=O)c1nc(NC(=O)c2cc(F)cc(Cl)c2)c2n1C(C)C(=O)NC2c1cc(F)ccc1Cl. The zero-order chi connectivity index (χ0) is 24.7. The molecule has 34 heavy (non-hydrogen) atoms. The van der Waals surface area contributed by atoms with Crippen LogP contribution in [0, 0.1) is 11.6 Å². The lowest BCUT2D eigenvalue weighted by molar-refractivity contribution is -0.125. The Bertz CT molecular complexity index is 1320. The van der Waals surface area contributed by atoms with Gasteiger partial charge in [-0.3, -0.25) is 14.4 Å². The molecular weight excluding hydrogens is 491 g/mol. The first-order valence-corrected chi connectivity index (χ1v) is 10.7. The Kier molecular flexibility index (Phi) is 6.28. The van der Waals surface area contributed by atoms with Gasteiger partial charge in [-0.05, 0) is 43.3 Å². The van der Waals surface area contributed by atoms with Crippen LogP contribution < -0.4 is 16.0 Å². The van der Waals surface area contributed by atoms with Gasteiger partial charge < -0.3 is 20.5 Å². The van der Waals surface area contributed by atoms with Crippen LogP contribution in [0.1, 0.15) is 51.2 Å². The lowest BCUT2D eigenvalue weighted by Gasteiger charge is -2.31. The van der Waals surface area contributed by atoms with E-state index in [0.717, 1.165) is 24.3 Å². The van der Waals surface area contributed by atoms with Gasteiger partial charge in [-0.25, -0.2) is 13.8 Å². The molecule has 0 saturated heterocycles. The van der Waals surface area contributed by atoms with Crippen molar-refractivity contribution in [1.82, 2.24) is 20.2 Å². The summed E-state index contributed by atoms with van der Waals surface area (Å²) in [6.07, 6.45) is 0. The number of imidazole rings is 1. The number of nitrogens with zero attached hydrogens (tertiary/aromatic N) is 2. The molecule has 0 fully saturated rings. The van der Waals surface area contributed by atoms with E-state index in [4.69, 9.17) is 23.2 Å². The first-order chi connectivity index (χ1) is 16.1. The van der Waals surface area contributed by atoms with Crippen LogP contribution in [0.25, 0.3) is 0 Å². The third-order valence-electron chi connectivity index (χ3n) is 5.33. The summed E-state index contributed by atoms with van der Waals surface area (Å²) in [4.78, 5) is 42.5. The van der Waals surface area contributed by atoms with Crippen LogP contribution in [0.5, 0.6) is 0 Å². The molecule has 0 bridgehead atoms. The molecule has 1 aliphatic heterocycles. The van der Waals surface area contributed by atoms with Gasteiger partial charge in [-0.1, -0.05) is 23.2 Å². The van der Waals surface area contributed by atoms with Gasteiger partial charge >= 0.3 is 0 Å². The summed E-state index contributed by atoms with van der Waals surface area (Å²) in [7, 11) is 1.38. The van der Waals surface area contributed by atoms with Crippen LogP contribution >= 0.6 is 23.2 Å². The second kappa shape index (κ2) is 9.03. The molecule has 1 aliphatic rings. The van der Waals surface area contributed by atoms with Crippen LogP contribution in [-0.2, 0) is 4.79 Å². The van der Waals surface area contributed by atoms with Gasteiger partial charge in [0.2, 0.25) is 11.7 Å². The maximum Gasteiger partial charge on any atom is 0.287 e. The second-order valence-corrected chi connectivity index (χ2v) is 8.36. The first kappa shape index (κ1) is 23.7. The van der Waals surface area contributed by atoms with E-state index in [0.29, 0.717) is 0 Å². The highest BCUT2D eigenvalue weighted by Gasteiger charge is 2.39. The molecule has 3 amide bonds. The van der Waals surface area contributed by atoms with Crippen molar-refractivity contribution in [2.45, 2.75) is 19.0 Å². The van der Waals surface area contributed by atoms with E-state index in [9.17, 15) is 23.2 Å². The fourth-order valence-electron chi connectivity index (χ4n) is 3.75. The molecule has 1 aromatic heterocycles. The number of nitrogens with one attached hydrogen (secondary N) is 3. The van der Waals surface area contributed by atoms with Crippen LogP contribution in [0.2, 0.25) is 10.0 Å². The molecule has 3 N–H and O–H groups in total. The smallest absolute Gasteiger partial charge is 0.287 e. The lowest BCUT2D eigenvalue weighted by atomic mass is 9.99. The predicted molar refractivity (Wildman–Crippen MR) is 121 cm³/mol. The lowest BCUT2D eigenvalue weighted by Crippen LogP contribution is -2.43. The van der Waals surface area contributed by atoms with Crippen molar-refractivity contribution in [3.05, 3.63) is 80.7 Å². The van der Waals surface area contributed by atoms with Crippen molar-refractivity contribution >= 4 is 46.7 Å². The van der Waals surface area contributed by atoms with Crippen molar-refractivity contribution in [3.8, 4) is 0 Å². The Morgan fingerprint density at radius 1 is 1.09 bits per heavy atom. The number of aromatic nitrogens is 2. The molecule has 3 aromatic rings. The summed E-state index contributed by atoms with van der Waals surface area (Å²) >= 11 is 12.2. The number of anilines is 1. The molecule has 2 aromatic carbocycles. The van der Waals surface area contributed by atoms with Crippen LogP contribution in [-0.4, -0.2) is 34.3 Å². The van der Waals surface area contributed by atoms with Crippen LogP contribution in [0.3, 0.4) is 0 Å². The molecule has 0 spiro atoms. The molecule has 2 heterocycles. The Balaban J connectivity index is 1.90. The van der Waals surface area contributed by atoms with Gasteiger partial charge in [0.25, 0.3) is 11.8 Å². The van der Waals surface area contributed by atoms with E-state index in [2.05, 4.69) is 20.9 Å². The number of carbonyl (C=O) groups is 3. The minimum Gasteiger partial charge on any atom is -0.352 e. The summed E-state index contributed by atoms with van der Waals surface area (Å²) in [5, 5.41) is 7.86. The number of hydrogen-bond donors (Lipinski definition) is 3. The third kappa shape index (κ3) is 4.22. The number of amides is 3. The minimum atomic E-state index is -1.05. The second-order valence-electron chi connectivity index (χ2n) is 7.51. The fourth-order valence-corrected chi connectivity index (χ4v) is 4.20. The fraction of sp³-hybridized carbons (Fsp3) is 0.182. The Labute approximate surface area is 202 Å². The van der Waals surface area contributed by atoms with Gasteiger partial charge in [-0.15, -0.1) is 0 Å². The van der Waals surface area contributed by atoms with Crippen molar-refractivity contribution in [3.63, 3.8) is 0 Å². The Hall–Kier alpha value is -3.50. The van der Waals surface area contributed by atoms with E-state index in [1.54, 1.807) is 0 Å². The summed E-state index contributed by atoms with van der Waals surface area (Å²) in [5.74, 6) is -3.45. The largest absolute Gasteiger partial charge is 0.352 e. The summed E-state index contributed by atoms with van der Waals surface area (Å²) in [6, 6.07) is 4.95. The van der Waals surface area contributed by atoms with Gasteiger partial charge in [-0.2, -0.15) is 0 Å². The maximum atomic E-state index is 14.1. The monoisotopic (exact) mass is 507 g/mol. The van der Waals surface area contributed by atoms with Crippen molar-refractivity contribution in [2.24, 2.45) is 0 Å². The molecule has 2 atom stereocenters. The molecule has 0 saturated carbocycles. The molecule has 12 heteroatoms. The molecule has 0 radical (unpaired) electrons. The van der Waals surface area contributed by atoms with E-state index in [-0.39, 0.29) is 38.5 Å². The molecule has 176 valence electrons. The minimum absolute atomic E-state index is 0.00775. The van der Waals surface area contributed by atoms with Gasteiger partial charge in [0.05, 0.1) is 11.7 Å². The zero-order valence-electron chi connectivity index (χ0n) is 17.7. The number of rotatable bonds is 4. The summed E-state index contributed by atoms with van der Waals surface area (Å²) in [6.45, 7) is 1.54.